The zero-order valence-electron chi connectivity index (χ0n) is 11.9. The van der Waals surface area contributed by atoms with Crippen LogP contribution in [0, 0.1) is 0 Å². The van der Waals surface area contributed by atoms with E-state index in [1.165, 1.54) is 17.5 Å². The first-order chi connectivity index (χ1) is 9.76. The van der Waals surface area contributed by atoms with E-state index in [-0.39, 0.29) is 6.10 Å². The Bertz CT molecular complexity index is 504. The summed E-state index contributed by atoms with van der Waals surface area (Å²) < 4.78 is 6.00. The summed E-state index contributed by atoms with van der Waals surface area (Å²) >= 11 is 0. The van der Waals surface area contributed by atoms with Gasteiger partial charge in [-0.1, -0.05) is 24.3 Å². The summed E-state index contributed by atoms with van der Waals surface area (Å²) in [4.78, 5) is 2.47. The van der Waals surface area contributed by atoms with Crippen LogP contribution in [0.5, 0.6) is 0 Å². The zero-order chi connectivity index (χ0) is 13.6. The highest BCUT2D eigenvalue weighted by Gasteiger charge is 2.49. The van der Waals surface area contributed by atoms with Crippen molar-refractivity contribution in [3.05, 3.63) is 35.4 Å². The molecule has 3 atom stereocenters. The van der Waals surface area contributed by atoms with E-state index in [0.717, 1.165) is 45.4 Å². The van der Waals surface area contributed by atoms with Crippen molar-refractivity contribution in [1.82, 2.24) is 4.90 Å². The van der Waals surface area contributed by atoms with E-state index in [4.69, 9.17) is 4.74 Å². The van der Waals surface area contributed by atoms with Crippen LogP contribution in [-0.4, -0.2) is 41.3 Å². The fraction of sp³-hybridized carbons (Fsp3) is 0.647. The molecule has 20 heavy (non-hydrogen) atoms. The minimum Gasteiger partial charge on any atom is -0.388 e. The molecule has 0 radical (unpaired) electrons. The Morgan fingerprint density at radius 3 is 3.15 bits per heavy atom. The van der Waals surface area contributed by atoms with Crippen molar-refractivity contribution in [2.24, 2.45) is 0 Å². The van der Waals surface area contributed by atoms with Gasteiger partial charge in [-0.25, -0.2) is 0 Å². The van der Waals surface area contributed by atoms with Gasteiger partial charge in [-0.2, -0.15) is 0 Å². The quantitative estimate of drug-likeness (QED) is 0.897. The second kappa shape index (κ2) is 4.83. The van der Waals surface area contributed by atoms with Gasteiger partial charge >= 0.3 is 0 Å². The Balaban J connectivity index is 1.58. The maximum absolute atomic E-state index is 11.1. The lowest BCUT2D eigenvalue weighted by Crippen LogP contribution is -2.43. The van der Waals surface area contributed by atoms with Gasteiger partial charge in [-0.15, -0.1) is 0 Å². The SMILES string of the molecule is OC1(CC2OCCc3ccccc32)CCN2CCCC21. The molecule has 0 saturated carbocycles. The van der Waals surface area contributed by atoms with Gasteiger partial charge in [-0.05, 0) is 43.4 Å². The van der Waals surface area contributed by atoms with Gasteiger partial charge in [0, 0.05) is 19.0 Å². The molecule has 2 saturated heterocycles. The number of benzene rings is 1. The summed E-state index contributed by atoms with van der Waals surface area (Å²) in [5.41, 5.74) is 2.14. The molecule has 1 N–H and O–H groups in total. The van der Waals surface area contributed by atoms with E-state index in [1.54, 1.807) is 0 Å². The van der Waals surface area contributed by atoms with Crippen molar-refractivity contribution < 1.29 is 9.84 Å². The zero-order valence-corrected chi connectivity index (χ0v) is 11.9. The Morgan fingerprint density at radius 1 is 1.30 bits per heavy atom. The minimum absolute atomic E-state index is 0.0745. The van der Waals surface area contributed by atoms with Gasteiger partial charge in [0.25, 0.3) is 0 Å². The number of hydrogen-bond acceptors (Lipinski definition) is 3. The molecule has 3 heterocycles. The summed E-state index contributed by atoms with van der Waals surface area (Å²) in [5.74, 6) is 0. The normalized spacial score (nSPS) is 36.9. The van der Waals surface area contributed by atoms with Gasteiger partial charge < -0.3 is 9.84 Å². The van der Waals surface area contributed by atoms with Crippen molar-refractivity contribution in [2.45, 2.75) is 49.9 Å². The fourth-order valence-electron chi connectivity index (χ4n) is 4.41. The number of nitrogens with zero attached hydrogens (tertiary/aromatic N) is 1. The van der Waals surface area contributed by atoms with Crippen molar-refractivity contribution in [3.8, 4) is 0 Å². The van der Waals surface area contributed by atoms with Crippen LogP contribution in [-0.2, 0) is 11.2 Å². The molecule has 3 aliphatic rings. The van der Waals surface area contributed by atoms with Crippen LogP contribution < -0.4 is 0 Å². The summed E-state index contributed by atoms with van der Waals surface area (Å²) in [6.45, 7) is 3.00. The third kappa shape index (κ3) is 2.00. The predicted molar refractivity (Wildman–Crippen MR) is 77.6 cm³/mol. The Morgan fingerprint density at radius 2 is 2.20 bits per heavy atom. The van der Waals surface area contributed by atoms with E-state index >= 15 is 0 Å². The van der Waals surface area contributed by atoms with E-state index in [9.17, 15) is 5.11 Å². The third-order valence-electron chi connectivity index (χ3n) is 5.45. The van der Waals surface area contributed by atoms with Crippen LogP contribution in [0.1, 0.15) is 42.9 Å². The average molecular weight is 273 g/mol. The summed E-state index contributed by atoms with van der Waals surface area (Å²) in [5, 5.41) is 11.1. The summed E-state index contributed by atoms with van der Waals surface area (Å²) in [7, 11) is 0. The monoisotopic (exact) mass is 273 g/mol. The van der Waals surface area contributed by atoms with Gasteiger partial charge in [0.2, 0.25) is 0 Å². The molecule has 3 unspecified atom stereocenters. The molecule has 4 rings (SSSR count). The molecule has 0 bridgehead atoms. The number of aliphatic hydroxyl groups is 1. The number of rotatable bonds is 2. The Kier molecular flexibility index (Phi) is 3.09. The van der Waals surface area contributed by atoms with E-state index < -0.39 is 5.60 Å². The topological polar surface area (TPSA) is 32.7 Å². The summed E-state index contributed by atoms with van der Waals surface area (Å²) in [6.07, 6.45) is 5.11. The highest BCUT2D eigenvalue weighted by atomic mass is 16.5. The van der Waals surface area contributed by atoms with Crippen LogP contribution in [0.3, 0.4) is 0 Å². The highest BCUT2D eigenvalue weighted by Crippen LogP contribution is 2.43. The first-order valence-corrected chi connectivity index (χ1v) is 7.92. The lowest BCUT2D eigenvalue weighted by Gasteiger charge is -2.35. The molecular weight excluding hydrogens is 250 g/mol. The van der Waals surface area contributed by atoms with Crippen LogP contribution in [0.15, 0.2) is 24.3 Å². The van der Waals surface area contributed by atoms with E-state index in [0.29, 0.717) is 6.04 Å². The minimum atomic E-state index is -0.550. The molecule has 0 aromatic heterocycles. The maximum Gasteiger partial charge on any atom is 0.0855 e. The van der Waals surface area contributed by atoms with Crippen LogP contribution in [0.4, 0.5) is 0 Å². The Hall–Kier alpha value is -0.900. The standard InChI is InChI=1S/C17H23NO2/c19-17(8-10-18-9-3-6-16(17)18)12-15-14-5-2-1-4-13(14)7-11-20-15/h1-2,4-5,15-16,19H,3,6-12H2. The second-order valence-electron chi connectivity index (χ2n) is 6.56. The largest absolute Gasteiger partial charge is 0.388 e. The third-order valence-corrected chi connectivity index (χ3v) is 5.45. The maximum atomic E-state index is 11.1. The van der Waals surface area contributed by atoms with Crippen molar-refractivity contribution in [2.75, 3.05) is 19.7 Å². The van der Waals surface area contributed by atoms with Gasteiger partial charge in [0.1, 0.15) is 0 Å². The molecule has 1 aromatic rings. The van der Waals surface area contributed by atoms with Gasteiger partial charge in [0.05, 0.1) is 18.3 Å². The summed E-state index contributed by atoms with van der Waals surface area (Å²) in [6, 6.07) is 8.92. The van der Waals surface area contributed by atoms with Crippen molar-refractivity contribution >= 4 is 0 Å². The second-order valence-corrected chi connectivity index (χ2v) is 6.56. The first kappa shape index (κ1) is 12.8. The number of hydrogen-bond donors (Lipinski definition) is 1. The molecule has 2 fully saturated rings. The molecule has 1 aromatic carbocycles. The molecule has 3 nitrogen and oxygen atoms in total. The first-order valence-electron chi connectivity index (χ1n) is 7.92. The molecular formula is C17H23NO2. The van der Waals surface area contributed by atoms with Crippen LogP contribution in [0.25, 0.3) is 0 Å². The number of ether oxygens (including phenoxy) is 1. The van der Waals surface area contributed by atoms with Gasteiger partial charge in [0.15, 0.2) is 0 Å². The fourth-order valence-corrected chi connectivity index (χ4v) is 4.41. The predicted octanol–water partition coefficient (Wildman–Crippen LogP) is 2.29. The molecule has 3 aliphatic heterocycles. The Labute approximate surface area is 120 Å². The van der Waals surface area contributed by atoms with E-state index in [2.05, 4.69) is 29.2 Å². The van der Waals surface area contributed by atoms with Crippen LogP contribution in [0.2, 0.25) is 0 Å². The highest BCUT2D eigenvalue weighted by molar-refractivity contribution is 5.31. The smallest absolute Gasteiger partial charge is 0.0855 e. The van der Waals surface area contributed by atoms with Gasteiger partial charge in [-0.3, -0.25) is 4.90 Å². The van der Waals surface area contributed by atoms with Crippen molar-refractivity contribution in [1.29, 1.82) is 0 Å². The molecule has 108 valence electrons. The molecule has 0 amide bonds. The van der Waals surface area contributed by atoms with E-state index in [1.807, 2.05) is 0 Å². The number of fused-ring (bicyclic) bond motifs is 2. The molecule has 3 heteroatoms. The van der Waals surface area contributed by atoms with Crippen molar-refractivity contribution in [3.63, 3.8) is 0 Å². The average Bonchev–Trinajstić information content (AvgIpc) is 3.05. The molecule has 0 spiro atoms. The lowest BCUT2D eigenvalue weighted by atomic mass is 9.83. The lowest BCUT2D eigenvalue weighted by molar-refractivity contribution is -0.0581. The molecule has 0 aliphatic carbocycles. The van der Waals surface area contributed by atoms with Crippen LogP contribution >= 0.6 is 0 Å².